The van der Waals surface area contributed by atoms with E-state index in [0.717, 1.165) is 5.75 Å². The molecule has 1 amide bonds. The van der Waals surface area contributed by atoms with Crippen molar-refractivity contribution in [2.45, 2.75) is 25.8 Å². The minimum atomic E-state index is -0.281. The largest absolute Gasteiger partial charge is 0.350 e. The van der Waals surface area contributed by atoms with Gasteiger partial charge in [0.05, 0.1) is 0 Å². The number of hydrogen-bond donors (Lipinski definition) is 1. The quantitative estimate of drug-likeness (QED) is 0.701. The van der Waals surface area contributed by atoms with E-state index >= 15 is 0 Å². The zero-order chi connectivity index (χ0) is 9.61. The number of carbonyl (C=O) groups excluding carboxylic acids is 1. The van der Waals surface area contributed by atoms with Crippen LogP contribution in [0.1, 0.15) is 20.3 Å². The maximum atomic E-state index is 11.2. The fraction of sp³-hybridized carbons (Fsp3) is 0.875. The van der Waals surface area contributed by atoms with Crippen molar-refractivity contribution >= 4 is 29.3 Å². The number of amides is 1. The van der Waals surface area contributed by atoms with Gasteiger partial charge in [0.2, 0.25) is 5.91 Å². The van der Waals surface area contributed by atoms with Gasteiger partial charge in [0.25, 0.3) is 0 Å². The third kappa shape index (κ3) is 5.72. The lowest BCUT2D eigenvalue weighted by atomic mass is 10.1. The molecule has 0 heterocycles. The summed E-state index contributed by atoms with van der Waals surface area (Å²) in [6.45, 7) is 3.83. The maximum absolute atomic E-state index is 11.2. The average molecular weight is 210 g/mol. The Balaban J connectivity index is 3.68. The minimum Gasteiger partial charge on any atom is -0.350 e. The summed E-state index contributed by atoms with van der Waals surface area (Å²) in [5, 5.41) is 2.86. The van der Waals surface area contributed by atoms with E-state index in [1.165, 1.54) is 0 Å². The van der Waals surface area contributed by atoms with Gasteiger partial charge in [0, 0.05) is 23.6 Å². The highest BCUT2D eigenvalue weighted by molar-refractivity contribution is 7.98. The van der Waals surface area contributed by atoms with Crippen molar-refractivity contribution < 1.29 is 4.79 Å². The molecule has 0 radical (unpaired) electrons. The molecule has 0 aliphatic carbocycles. The zero-order valence-electron chi connectivity index (χ0n) is 7.82. The Kier molecular flexibility index (Phi) is 5.76. The molecular formula is C8H16ClNOS. The Hall–Kier alpha value is 0.110. The molecule has 0 aromatic rings. The van der Waals surface area contributed by atoms with Crippen molar-refractivity contribution in [3.8, 4) is 0 Å². The van der Waals surface area contributed by atoms with E-state index < -0.39 is 0 Å². The lowest BCUT2D eigenvalue weighted by molar-refractivity contribution is -0.122. The molecule has 0 spiro atoms. The van der Waals surface area contributed by atoms with Crippen molar-refractivity contribution in [3.05, 3.63) is 0 Å². The van der Waals surface area contributed by atoms with Gasteiger partial charge in [-0.1, -0.05) is 0 Å². The Labute approximate surface area is 83.4 Å². The highest BCUT2D eigenvalue weighted by atomic mass is 35.5. The van der Waals surface area contributed by atoms with Crippen LogP contribution in [0.3, 0.4) is 0 Å². The molecule has 72 valence electrons. The standard InChI is InChI=1S/C8H16ClNOS/c1-8(2,6-9)10-7(11)4-5-12-3/h4-6H2,1-3H3,(H,10,11). The van der Waals surface area contributed by atoms with Gasteiger partial charge in [-0.2, -0.15) is 11.8 Å². The summed E-state index contributed by atoms with van der Waals surface area (Å²) in [5.41, 5.74) is -0.281. The van der Waals surface area contributed by atoms with Crippen molar-refractivity contribution in [1.82, 2.24) is 5.32 Å². The molecule has 0 fully saturated rings. The number of rotatable bonds is 5. The normalized spacial score (nSPS) is 11.3. The SMILES string of the molecule is CSCCC(=O)NC(C)(C)CCl. The second-order valence-electron chi connectivity index (χ2n) is 3.31. The number of hydrogen-bond acceptors (Lipinski definition) is 2. The maximum Gasteiger partial charge on any atom is 0.221 e. The number of nitrogens with one attached hydrogen (secondary N) is 1. The highest BCUT2D eigenvalue weighted by Crippen LogP contribution is 2.05. The van der Waals surface area contributed by atoms with Crippen LogP contribution >= 0.6 is 23.4 Å². The summed E-state index contributed by atoms with van der Waals surface area (Å²) in [7, 11) is 0. The first kappa shape index (κ1) is 12.1. The molecule has 0 aliphatic rings. The fourth-order valence-corrected chi connectivity index (χ4v) is 1.12. The summed E-state index contributed by atoms with van der Waals surface area (Å²) < 4.78 is 0. The molecule has 0 atom stereocenters. The van der Waals surface area contributed by atoms with Crippen molar-refractivity contribution in [2.24, 2.45) is 0 Å². The van der Waals surface area contributed by atoms with Gasteiger partial charge in [0.15, 0.2) is 0 Å². The van der Waals surface area contributed by atoms with Crippen LogP contribution in [0.4, 0.5) is 0 Å². The molecule has 0 bridgehead atoms. The number of carbonyl (C=O) groups is 1. The first-order valence-corrected chi connectivity index (χ1v) is 5.80. The van der Waals surface area contributed by atoms with Gasteiger partial charge < -0.3 is 5.32 Å². The van der Waals surface area contributed by atoms with Gasteiger partial charge >= 0.3 is 0 Å². The smallest absolute Gasteiger partial charge is 0.221 e. The molecule has 4 heteroatoms. The summed E-state index contributed by atoms with van der Waals surface area (Å²) in [4.78, 5) is 11.2. The number of thioether (sulfide) groups is 1. The van der Waals surface area contributed by atoms with Crippen LogP contribution < -0.4 is 5.32 Å². The third-order valence-corrected chi connectivity index (χ3v) is 2.63. The van der Waals surface area contributed by atoms with Crippen molar-refractivity contribution in [2.75, 3.05) is 17.9 Å². The monoisotopic (exact) mass is 209 g/mol. The molecule has 0 rings (SSSR count). The van der Waals surface area contributed by atoms with E-state index in [9.17, 15) is 4.79 Å². The van der Waals surface area contributed by atoms with Gasteiger partial charge in [-0.15, -0.1) is 11.6 Å². The van der Waals surface area contributed by atoms with Crippen molar-refractivity contribution in [1.29, 1.82) is 0 Å². The second kappa shape index (κ2) is 5.70. The van der Waals surface area contributed by atoms with E-state index in [0.29, 0.717) is 12.3 Å². The Bertz CT molecular complexity index is 150. The van der Waals surface area contributed by atoms with Crippen LogP contribution in [0, 0.1) is 0 Å². The molecule has 0 unspecified atom stereocenters. The van der Waals surface area contributed by atoms with E-state index in [2.05, 4.69) is 5.32 Å². The van der Waals surface area contributed by atoms with E-state index in [1.54, 1.807) is 11.8 Å². The molecular weight excluding hydrogens is 194 g/mol. The van der Waals surface area contributed by atoms with Crippen LogP contribution in [0.5, 0.6) is 0 Å². The van der Waals surface area contributed by atoms with Gasteiger partial charge in [-0.05, 0) is 20.1 Å². The Morgan fingerprint density at radius 3 is 2.58 bits per heavy atom. The van der Waals surface area contributed by atoms with E-state index in [1.807, 2.05) is 20.1 Å². The molecule has 0 aromatic heterocycles. The molecule has 12 heavy (non-hydrogen) atoms. The van der Waals surface area contributed by atoms with E-state index in [-0.39, 0.29) is 11.4 Å². The summed E-state index contributed by atoms with van der Waals surface area (Å²) >= 11 is 7.32. The summed E-state index contributed by atoms with van der Waals surface area (Å²) in [6, 6.07) is 0. The van der Waals surface area contributed by atoms with Crippen LogP contribution in [0.2, 0.25) is 0 Å². The Morgan fingerprint density at radius 2 is 2.17 bits per heavy atom. The van der Waals surface area contributed by atoms with Crippen molar-refractivity contribution in [3.63, 3.8) is 0 Å². The number of halogens is 1. The first-order chi connectivity index (χ1) is 5.52. The minimum absolute atomic E-state index is 0.0787. The topological polar surface area (TPSA) is 29.1 Å². The molecule has 1 N–H and O–H groups in total. The fourth-order valence-electron chi connectivity index (χ4n) is 0.668. The number of alkyl halides is 1. The average Bonchev–Trinajstić information content (AvgIpc) is 2.00. The first-order valence-electron chi connectivity index (χ1n) is 3.88. The lowest BCUT2D eigenvalue weighted by Gasteiger charge is -2.23. The van der Waals surface area contributed by atoms with Crippen LogP contribution in [-0.2, 0) is 4.79 Å². The van der Waals surface area contributed by atoms with Gasteiger partial charge in [0.1, 0.15) is 0 Å². The molecule has 0 saturated heterocycles. The Morgan fingerprint density at radius 1 is 1.58 bits per heavy atom. The lowest BCUT2D eigenvalue weighted by Crippen LogP contribution is -2.44. The summed E-state index contributed by atoms with van der Waals surface area (Å²) in [6.07, 6.45) is 2.56. The molecule has 0 aromatic carbocycles. The van der Waals surface area contributed by atoms with Gasteiger partial charge in [-0.3, -0.25) is 4.79 Å². The van der Waals surface area contributed by atoms with Crippen LogP contribution in [-0.4, -0.2) is 29.3 Å². The predicted octanol–water partition coefficient (Wildman–Crippen LogP) is 1.87. The zero-order valence-corrected chi connectivity index (χ0v) is 9.39. The third-order valence-electron chi connectivity index (χ3n) is 1.35. The summed E-state index contributed by atoms with van der Waals surface area (Å²) in [5.74, 6) is 1.39. The second-order valence-corrected chi connectivity index (χ2v) is 4.56. The molecule has 0 saturated carbocycles. The van der Waals surface area contributed by atoms with E-state index in [4.69, 9.17) is 11.6 Å². The highest BCUT2D eigenvalue weighted by Gasteiger charge is 2.18. The predicted molar refractivity (Wildman–Crippen MR) is 55.9 cm³/mol. The van der Waals surface area contributed by atoms with Crippen LogP contribution in [0.25, 0.3) is 0 Å². The van der Waals surface area contributed by atoms with Gasteiger partial charge in [-0.25, -0.2) is 0 Å². The molecule has 0 aliphatic heterocycles. The van der Waals surface area contributed by atoms with Crippen LogP contribution in [0.15, 0.2) is 0 Å². The molecule has 2 nitrogen and oxygen atoms in total.